The molecular weight excluding hydrogens is 290 g/mol. The molecule has 1 saturated carbocycles. The Morgan fingerprint density at radius 2 is 1.70 bits per heavy atom. The zero-order valence-electron chi connectivity index (χ0n) is 13.7. The second-order valence-corrected chi connectivity index (χ2v) is 7.18. The van der Waals surface area contributed by atoms with Crippen LogP contribution in [0, 0.1) is 5.41 Å². The number of hydrogen-bond acceptors (Lipinski definition) is 3. The second-order valence-electron chi connectivity index (χ2n) is 7.18. The van der Waals surface area contributed by atoms with E-state index in [0.717, 1.165) is 25.9 Å². The summed E-state index contributed by atoms with van der Waals surface area (Å²) < 4.78 is 11.3. The lowest BCUT2D eigenvalue weighted by atomic mass is 9.68. The van der Waals surface area contributed by atoms with Gasteiger partial charge in [0.25, 0.3) is 5.91 Å². The van der Waals surface area contributed by atoms with Crippen LogP contribution in [-0.4, -0.2) is 37.1 Å². The zero-order chi connectivity index (χ0) is 15.7. The predicted molar refractivity (Wildman–Crippen MR) is 88.1 cm³/mol. The van der Waals surface area contributed by atoms with E-state index in [1.165, 1.54) is 32.1 Å². The fourth-order valence-electron chi connectivity index (χ4n) is 4.40. The molecule has 1 aliphatic carbocycles. The monoisotopic (exact) mass is 315 g/mol. The maximum atomic E-state index is 12.9. The third-order valence-corrected chi connectivity index (χ3v) is 5.82. The van der Waals surface area contributed by atoms with Crippen LogP contribution in [0.1, 0.15) is 55.3 Å². The summed E-state index contributed by atoms with van der Waals surface area (Å²) in [6, 6.07) is 5.62. The predicted octanol–water partition coefficient (Wildman–Crippen LogP) is 3.64. The van der Waals surface area contributed by atoms with Crippen molar-refractivity contribution in [2.75, 3.05) is 26.3 Å². The first-order chi connectivity index (χ1) is 11.3. The second kappa shape index (κ2) is 6.06. The van der Waals surface area contributed by atoms with Crippen molar-refractivity contribution in [2.45, 2.75) is 44.9 Å². The molecule has 124 valence electrons. The van der Waals surface area contributed by atoms with Crippen molar-refractivity contribution in [3.63, 3.8) is 0 Å². The fraction of sp³-hybridized carbons (Fsp3) is 0.632. The molecule has 1 amide bonds. The Bertz CT molecular complexity index is 582. The van der Waals surface area contributed by atoms with Crippen LogP contribution in [0.2, 0.25) is 0 Å². The van der Waals surface area contributed by atoms with Crippen LogP contribution >= 0.6 is 0 Å². The van der Waals surface area contributed by atoms with Gasteiger partial charge < -0.3 is 14.4 Å². The lowest BCUT2D eigenvalue weighted by Gasteiger charge is -2.44. The van der Waals surface area contributed by atoms with E-state index in [1.807, 2.05) is 23.1 Å². The van der Waals surface area contributed by atoms with E-state index in [-0.39, 0.29) is 5.91 Å². The maximum absolute atomic E-state index is 12.9. The van der Waals surface area contributed by atoms with Gasteiger partial charge in [0.1, 0.15) is 13.2 Å². The van der Waals surface area contributed by atoms with Crippen LogP contribution in [-0.2, 0) is 0 Å². The van der Waals surface area contributed by atoms with Gasteiger partial charge in [0.05, 0.1) is 5.56 Å². The molecular formula is C19H25NO3. The van der Waals surface area contributed by atoms with Crippen LogP contribution in [0.25, 0.3) is 0 Å². The normalized spacial score (nSPS) is 22.9. The highest BCUT2D eigenvalue weighted by molar-refractivity contribution is 5.98. The summed E-state index contributed by atoms with van der Waals surface area (Å²) in [6.45, 7) is 2.82. The number of carbonyl (C=O) groups is 1. The minimum Gasteiger partial charge on any atom is -0.486 e. The number of carbonyl (C=O) groups excluding carboxylic acids is 1. The van der Waals surface area contributed by atoms with E-state index in [0.29, 0.717) is 35.7 Å². The minimum absolute atomic E-state index is 0.0954. The number of amides is 1. The third kappa shape index (κ3) is 2.79. The average molecular weight is 315 g/mol. The zero-order valence-corrected chi connectivity index (χ0v) is 13.7. The van der Waals surface area contributed by atoms with Gasteiger partial charge in [0, 0.05) is 13.1 Å². The molecule has 4 heteroatoms. The summed E-state index contributed by atoms with van der Waals surface area (Å²) >= 11 is 0. The SMILES string of the molecule is O=C(c1cccc2c1OCCO2)N1CCC2(CCCCC2)CC1. The van der Waals surface area contributed by atoms with Crippen molar-refractivity contribution in [3.8, 4) is 11.5 Å². The Labute approximate surface area is 137 Å². The van der Waals surface area contributed by atoms with E-state index >= 15 is 0 Å². The number of nitrogens with zero attached hydrogens (tertiary/aromatic N) is 1. The molecule has 0 aromatic heterocycles. The third-order valence-electron chi connectivity index (χ3n) is 5.82. The Kier molecular flexibility index (Phi) is 3.92. The van der Waals surface area contributed by atoms with E-state index < -0.39 is 0 Å². The molecule has 0 radical (unpaired) electrons. The van der Waals surface area contributed by atoms with Crippen molar-refractivity contribution in [1.29, 1.82) is 0 Å². The number of fused-ring (bicyclic) bond motifs is 1. The van der Waals surface area contributed by atoms with E-state index in [1.54, 1.807) is 0 Å². The highest BCUT2D eigenvalue weighted by Gasteiger charge is 2.37. The van der Waals surface area contributed by atoms with Crippen LogP contribution in [0.15, 0.2) is 18.2 Å². The first-order valence-electron chi connectivity index (χ1n) is 8.95. The summed E-state index contributed by atoms with van der Waals surface area (Å²) in [5, 5.41) is 0. The van der Waals surface area contributed by atoms with E-state index in [9.17, 15) is 4.79 Å². The molecule has 23 heavy (non-hydrogen) atoms. The van der Waals surface area contributed by atoms with Crippen LogP contribution in [0.3, 0.4) is 0 Å². The smallest absolute Gasteiger partial charge is 0.257 e. The number of likely N-dealkylation sites (tertiary alicyclic amines) is 1. The molecule has 4 rings (SSSR count). The average Bonchev–Trinajstić information content (AvgIpc) is 2.62. The summed E-state index contributed by atoms with van der Waals surface area (Å²) in [7, 11) is 0. The van der Waals surface area contributed by atoms with Gasteiger partial charge in [0.15, 0.2) is 11.5 Å². The van der Waals surface area contributed by atoms with Crippen LogP contribution in [0.4, 0.5) is 0 Å². The molecule has 0 atom stereocenters. The maximum Gasteiger partial charge on any atom is 0.257 e. The lowest BCUT2D eigenvalue weighted by Crippen LogP contribution is -2.44. The number of hydrogen-bond donors (Lipinski definition) is 0. The Morgan fingerprint density at radius 3 is 2.48 bits per heavy atom. The van der Waals surface area contributed by atoms with Gasteiger partial charge in [0.2, 0.25) is 0 Å². The Hall–Kier alpha value is -1.71. The molecule has 2 aliphatic heterocycles. The van der Waals surface area contributed by atoms with Crippen molar-refractivity contribution >= 4 is 5.91 Å². The summed E-state index contributed by atoms with van der Waals surface area (Å²) in [4.78, 5) is 14.9. The topological polar surface area (TPSA) is 38.8 Å². The van der Waals surface area contributed by atoms with E-state index in [2.05, 4.69) is 0 Å². The summed E-state index contributed by atoms with van der Waals surface area (Å²) in [5.74, 6) is 1.42. The van der Waals surface area contributed by atoms with Crippen LogP contribution < -0.4 is 9.47 Å². The minimum atomic E-state index is 0.0954. The number of para-hydroxylation sites is 1. The number of piperidine rings is 1. The van der Waals surface area contributed by atoms with E-state index in [4.69, 9.17) is 9.47 Å². The Morgan fingerprint density at radius 1 is 0.957 bits per heavy atom. The quantitative estimate of drug-likeness (QED) is 0.794. The molecule has 0 bridgehead atoms. The highest BCUT2D eigenvalue weighted by Crippen LogP contribution is 2.45. The lowest BCUT2D eigenvalue weighted by molar-refractivity contribution is 0.0465. The molecule has 1 spiro atoms. The van der Waals surface area contributed by atoms with Crippen LogP contribution in [0.5, 0.6) is 11.5 Å². The first kappa shape index (κ1) is 14.9. The Balaban J connectivity index is 1.48. The molecule has 2 fully saturated rings. The van der Waals surface area contributed by atoms with Gasteiger partial charge in [-0.1, -0.05) is 25.3 Å². The molecule has 0 N–H and O–H groups in total. The van der Waals surface area contributed by atoms with Gasteiger partial charge in [-0.15, -0.1) is 0 Å². The number of rotatable bonds is 1. The van der Waals surface area contributed by atoms with Crippen molar-refractivity contribution in [2.24, 2.45) is 5.41 Å². The van der Waals surface area contributed by atoms with Crippen molar-refractivity contribution < 1.29 is 14.3 Å². The molecule has 1 saturated heterocycles. The fourth-order valence-corrected chi connectivity index (χ4v) is 4.40. The molecule has 1 aromatic rings. The molecule has 1 aromatic carbocycles. The molecule has 0 unspecified atom stereocenters. The number of benzene rings is 1. The van der Waals surface area contributed by atoms with Gasteiger partial charge in [-0.3, -0.25) is 4.79 Å². The molecule has 3 aliphatic rings. The van der Waals surface area contributed by atoms with Crippen molar-refractivity contribution in [1.82, 2.24) is 4.90 Å². The first-order valence-corrected chi connectivity index (χ1v) is 8.95. The summed E-state index contributed by atoms with van der Waals surface area (Å²) in [6.07, 6.45) is 9.14. The van der Waals surface area contributed by atoms with Gasteiger partial charge in [-0.2, -0.15) is 0 Å². The highest BCUT2D eigenvalue weighted by atomic mass is 16.6. The van der Waals surface area contributed by atoms with Gasteiger partial charge >= 0.3 is 0 Å². The summed E-state index contributed by atoms with van der Waals surface area (Å²) in [5.41, 5.74) is 1.17. The van der Waals surface area contributed by atoms with Gasteiger partial charge in [-0.05, 0) is 43.2 Å². The van der Waals surface area contributed by atoms with Gasteiger partial charge in [-0.25, -0.2) is 0 Å². The van der Waals surface area contributed by atoms with Crippen molar-refractivity contribution in [3.05, 3.63) is 23.8 Å². The molecule has 2 heterocycles. The standard InChI is InChI=1S/C19H25NO3/c21-18(15-5-4-6-16-17(15)23-14-13-22-16)20-11-9-19(10-12-20)7-2-1-3-8-19/h4-6H,1-3,7-14H2. The largest absolute Gasteiger partial charge is 0.486 e. The number of ether oxygens (including phenoxy) is 2. The molecule has 4 nitrogen and oxygen atoms in total.